The molecule has 2 aromatic rings. The lowest BCUT2D eigenvalue weighted by molar-refractivity contribution is -0.142. The first-order valence-electron chi connectivity index (χ1n) is 7.77. The van der Waals surface area contributed by atoms with E-state index in [-0.39, 0.29) is 23.5 Å². The first-order valence-corrected chi connectivity index (χ1v) is 9.91. The Balaban J connectivity index is 1.83. The Morgan fingerprint density at radius 3 is 2.88 bits per heavy atom. The van der Waals surface area contributed by atoms with Crippen LogP contribution in [-0.4, -0.2) is 28.7 Å². The average Bonchev–Trinajstić information content (AvgIpc) is 3.00. The molecule has 0 aliphatic carbocycles. The van der Waals surface area contributed by atoms with Crippen LogP contribution in [0.1, 0.15) is 25.1 Å². The number of amides is 1. The van der Waals surface area contributed by atoms with Gasteiger partial charge in [-0.15, -0.1) is 11.3 Å². The second-order valence-corrected chi connectivity index (χ2v) is 8.01. The van der Waals surface area contributed by atoms with E-state index >= 15 is 0 Å². The van der Waals surface area contributed by atoms with Crippen LogP contribution >= 0.6 is 34.7 Å². The zero-order chi connectivity index (χ0) is 18.2. The number of carbonyl (C=O) groups excluding carboxylic acids is 2. The molecular formula is C17H19ClN2O3S2. The van der Waals surface area contributed by atoms with Gasteiger partial charge in [-0.25, -0.2) is 4.98 Å². The van der Waals surface area contributed by atoms with E-state index in [4.69, 9.17) is 16.3 Å². The summed E-state index contributed by atoms with van der Waals surface area (Å²) >= 11 is 8.86. The third kappa shape index (κ3) is 6.34. The minimum Gasteiger partial charge on any atom is -0.466 e. The predicted molar refractivity (Wildman–Crippen MR) is 101 cm³/mol. The molecule has 0 aliphatic heterocycles. The highest BCUT2D eigenvalue weighted by molar-refractivity contribution is 8.02. The smallest absolute Gasteiger partial charge is 0.311 e. The van der Waals surface area contributed by atoms with Gasteiger partial charge in [0.05, 0.1) is 24.0 Å². The second kappa shape index (κ2) is 9.79. The van der Waals surface area contributed by atoms with Crippen LogP contribution < -0.4 is 5.32 Å². The molecule has 0 saturated heterocycles. The van der Waals surface area contributed by atoms with Crippen LogP contribution in [0.25, 0.3) is 0 Å². The van der Waals surface area contributed by atoms with Gasteiger partial charge in [-0.1, -0.05) is 41.6 Å². The molecule has 8 heteroatoms. The maximum atomic E-state index is 12.2. The molecule has 0 fully saturated rings. The van der Waals surface area contributed by atoms with Crippen LogP contribution in [0.5, 0.6) is 0 Å². The fourth-order valence-corrected chi connectivity index (χ4v) is 4.16. The number of thiazole rings is 1. The van der Waals surface area contributed by atoms with Gasteiger partial charge in [-0.3, -0.25) is 9.59 Å². The van der Waals surface area contributed by atoms with Crippen molar-refractivity contribution in [2.24, 2.45) is 0 Å². The number of thioether (sulfide) groups is 1. The SMILES string of the molecule is CCOC(=O)Cc1csc(S[C@@H](C)C(=O)NCc2ccccc2Cl)n1. The Morgan fingerprint density at radius 2 is 2.16 bits per heavy atom. The highest BCUT2D eigenvalue weighted by Crippen LogP contribution is 2.27. The van der Waals surface area contributed by atoms with E-state index in [1.54, 1.807) is 13.0 Å². The molecular weight excluding hydrogens is 380 g/mol. The molecule has 1 atom stereocenters. The molecule has 0 saturated carbocycles. The van der Waals surface area contributed by atoms with E-state index < -0.39 is 0 Å². The number of esters is 1. The molecule has 0 spiro atoms. The van der Waals surface area contributed by atoms with Gasteiger partial charge in [0, 0.05) is 16.9 Å². The van der Waals surface area contributed by atoms with Gasteiger partial charge in [0.2, 0.25) is 5.91 Å². The number of hydrogen-bond acceptors (Lipinski definition) is 6. The third-order valence-corrected chi connectivity index (χ3v) is 5.71. The van der Waals surface area contributed by atoms with Crippen molar-refractivity contribution in [1.29, 1.82) is 0 Å². The van der Waals surface area contributed by atoms with Crippen LogP contribution in [0, 0.1) is 0 Å². The molecule has 1 aromatic carbocycles. The number of nitrogens with one attached hydrogen (secondary N) is 1. The fourth-order valence-electron chi connectivity index (χ4n) is 1.96. The molecule has 0 bridgehead atoms. The van der Waals surface area contributed by atoms with Gasteiger partial charge in [0.15, 0.2) is 4.34 Å². The molecule has 1 aromatic heterocycles. The van der Waals surface area contributed by atoms with Gasteiger partial charge >= 0.3 is 5.97 Å². The monoisotopic (exact) mass is 398 g/mol. The minimum atomic E-state index is -0.302. The largest absolute Gasteiger partial charge is 0.466 e. The van der Waals surface area contributed by atoms with Crippen molar-refractivity contribution in [2.75, 3.05) is 6.61 Å². The zero-order valence-electron chi connectivity index (χ0n) is 14.0. The molecule has 1 amide bonds. The highest BCUT2D eigenvalue weighted by atomic mass is 35.5. The lowest BCUT2D eigenvalue weighted by Crippen LogP contribution is -2.30. The standard InChI is InChI=1S/C17H19ClN2O3S2/c1-3-23-15(21)8-13-10-24-17(20-13)25-11(2)16(22)19-9-12-6-4-5-7-14(12)18/h4-7,10-11H,3,8-9H2,1-2H3,(H,19,22)/t11-/m0/s1. The van der Waals surface area contributed by atoms with E-state index in [1.807, 2.05) is 30.5 Å². The van der Waals surface area contributed by atoms with Crippen molar-refractivity contribution in [3.8, 4) is 0 Å². The summed E-state index contributed by atoms with van der Waals surface area (Å²) in [5.74, 6) is -0.387. The van der Waals surface area contributed by atoms with E-state index in [9.17, 15) is 9.59 Å². The van der Waals surface area contributed by atoms with Crippen molar-refractivity contribution in [2.45, 2.75) is 36.4 Å². The number of carbonyl (C=O) groups is 2. The minimum absolute atomic E-state index is 0.0907. The van der Waals surface area contributed by atoms with E-state index in [0.29, 0.717) is 23.9 Å². The Bertz CT molecular complexity index is 736. The summed E-state index contributed by atoms with van der Waals surface area (Å²) in [4.78, 5) is 28.1. The number of nitrogens with zero attached hydrogens (tertiary/aromatic N) is 1. The van der Waals surface area contributed by atoms with Crippen LogP contribution in [0.15, 0.2) is 34.0 Å². The summed E-state index contributed by atoms with van der Waals surface area (Å²) in [7, 11) is 0. The summed E-state index contributed by atoms with van der Waals surface area (Å²) in [6.45, 7) is 4.32. The molecule has 1 heterocycles. The number of rotatable bonds is 8. The van der Waals surface area contributed by atoms with Gasteiger partial charge < -0.3 is 10.1 Å². The van der Waals surface area contributed by atoms with E-state index in [0.717, 1.165) is 9.90 Å². The first kappa shape index (κ1) is 19.8. The van der Waals surface area contributed by atoms with Crippen molar-refractivity contribution in [1.82, 2.24) is 10.3 Å². The predicted octanol–water partition coefficient (Wildman–Crippen LogP) is 3.70. The second-order valence-electron chi connectivity index (χ2n) is 5.16. The quantitative estimate of drug-likeness (QED) is 0.542. The van der Waals surface area contributed by atoms with E-state index in [2.05, 4.69) is 10.3 Å². The summed E-state index contributed by atoms with van der Waals surface area (Å²) in [5.41, 5.74) is 1.54. The number of aromatic nitrogens is 1. The van der Waals surface area contributed by atoms with Gasteiger partial charge in [0.1, 0.15) is 0 Å². The Labute approximate surface area is 160 Å². The maximum absolute atomic E-state index is 12.2. The molecule has 0 unspecified atom stereocenters. The number of benzene rings is 1. The van der Waals surface area contributed by atoms with Gasteiger partial charge in [-0.05, 0) is 25.5 Å². The average molecular weight is 399 g/mol. The lowest BCUT2D eigenvalue weighted by atomic mass is 10.2. The number of hydrogen-bond donors (Lipinski definition) is 1. The van der Waals surface area contributed by atoms with Crippen molar-refractivity contribution in [3.63, 3.8) is 0 Å². The summed E-state index contributed by atoms with van der Waals surface area (Å²) in [5, 5.41) is 5.02. The van der Waals surface area contributed by atoms with Crippen LogP contribution in [0.3, 0.4) is 0 Å². The van der Waals surface area contributed by atoms with E-state index in [1.165, 1.54) is 23.1 Å². The Kier molecular flexibility index (Phi) is 7.74. The Morgan fingerprint density at radius 1 is 1.40 bits per heavy atom. The summed E-state index contributed by atoms with van der Waals surface area (Å²) < 4.78 is 5.65. The molecule has 5 nitrogen and oxygen atoms in total. The van der Waals surface area contributed by atoms with Crippen LogP contribution in [-0.2, 0) is 27.3 Å². The van der Waals surface area contributed by atoms with Crippen LogP contribution in [0.4, 0.5) is 0 Å². The van der Waals surface area contributed by atoms with Crippen molar-refractivity contribution in [3.05, 3.63) is 45.9 Å². The molecule has 1 N–H and O–H groups in total. The number of ether oxygens (including phenoxy) is 1. The van der Waals surface area contributed by atoms with Crippen LogP contribution in [0.2, 0.25) is 5.02 Å². The third-order valence-electron chi connectivity index (χ3n) is 3.22. The lowest BCUT2D eigenvalue weighted by Gasteiger charge is -2.11. The van der Waals surface area contributed by atoms with Gasteiger partial charge in [0.25, 0.3) is 0 Å². The molecule has 25 heavy (non-hydrogen) atoms. The summed E-state index contributed by atoms with van der Waals surface area (Å²) in [6, 6.07) is 7.40. The molecule has 0 radical (unpaired) electrons. The summed E-state index contributed by atoms with van der Waals surface area (Å²) in [6.07, 6.45) is 0.151. The zero-order valence-corrected chi connectivity index (χ0v) is 16.3. The molecule has 0 aliphatic rings. The fraction of sp³-hybridized carbons (Fsp3) is 0.353. The maximum Gasteiger partial charge on any atom is 0.311 e. The normalized spacial score (nSPS) is 11.8. The van der Waals surface area contributed by atoms with Crippen molar-refractivity contribution >= 4 is 46.6 Å². The first-order chi connectivity index (χ1) is 12.0. The topological polar surface area (TPSA) is 68.3 Å². The molecule has 2 rings (SSSR count). The number of halogens is 1. The molecule has 134 valence electrons. The van der Waals surface area contributed by atoms with Crippen molar-refractivity contribution < 1.29 is 14.3 Å². The highest BCUT2D eigenvalue weighted by Gasteiger charge is 2.17. The Hall–Kier alpha value is -1.57. The van der Waals surface area contributed by atoms with Gasteiger partial charge in [-0.2, -0.15) is 0 Å².